The SMILES string of the molecule is CN(CC(O)C1CC1)C(=O)NC1CCN(CC(F)(F)F)C1. The van der Waals surface area contributed by atoms with E-state index in [1.54, 1.807) is 7.05 Å². The van der Waals surface area contributed by atoms with E-state index in [1.807, 2.05) is 0 Å². The molecule has 0 aromatic rings. The van der Waals surface area contributed by atoms with Gasteiger partial charge >= 0.3 is 12.2 Å². The van der Waals surface area contributed by atoms with Crippen molar-refractivity contribution in [3.63, 3.8) is 0 Å². The zero-order chi connectivity index (χ0) is 15.6. The van der Waals surface area contributed by atoms with Gasteiger partial charge in [0.15, 0.2) is 0 Å². The number of halogens is 3. The number of alkyl halides is 3. The Morgan fingerprint density at radius 2 is 2.10 bits per heavy atom. The van der Waals surface area contributed by atoms with Crippen LogP contribution in [-0.2, 0) is 0 Å². The molecule has 2 amide bonds. The molecule has 2 fully saturated rings. The maximum Gasteiger partial charge on any atom is 0.401 e. The van der Waals surface area contributed by atoms with Gasteiger partial charge in [0.1, 0.15) is 0 Å². The van der Waals surface area contributed by atoms with Gasteiger partial charge in [-0.05, 0) is 25.2 Å². The average molecular weight is 309 g/mol. The van der Waals surface area contributed by atoms with Gasteiger partial charge in [-0.1, -0.05) is 0 Å². The summed E-state index contributed by atoms with van der Waals surface area (Å²) in [6, 6.07) is -0.603. The second-order valence-corrected chi connectivity index (χ2v) is 6.07. The van der Waals surface area contributed by atoms with Crippen LogP contribution in [0.25, 0.3) is 0 Å². The van der Waals surface area contributed by atoms with Crippen molar-refractivity contribution < 1.29 is 23.1 Å². The fourth-order valence-corrected chi connectivity index (χ4v) is 2.63. The molecule has 8 heteroatoms. The van der Waals surface area contributed by atoms with E-state index >= 15 is 0 Å². The minimum absolute atomic E-state index is 0.213. The lowest BCUT2D eigenvalue weighted by Crippen LogP contribution is -2.47. The van der Waals surface area contributed by atoms with Crippen molar-refractivity contribution in [3.05, 3.63) is 0 Å². The fourth-order valence-electron chi connectivity index (χ4n) is 2.63. The maximum atomic E-state index is 12.3. The van der Waals surface area contributed by atoms with Gasteiger partial charge in [0.2, 0.25) is 0 Å². The highest BCUT2D eigenvalue weighted by Gasteiger charge is 2.35. The fraction of sp³-hybridized carbons (Fsp3) is 0.923. The van der Waals surface area contributed by atoms with Gasteiger partial charge in [0, 0.05) is 32.7 Å². The molecule has 1 heterocycles. The predicted octanol–water partition coefficient (Wildman–Crippen LogP) is 1.04. The van der Waals surface area contributed by atoms with E-state index in [0.29, 0.717) is 13.0 Å². The minimum atomic E-state index is -4.20. The smallest absolute Gasteiger partial charge is 0.391 e. The van der Waals surface area contributed by atoms with Crippen molar-refractivity contribution in [1.82, 2.24) is 15.1 Å². The van der Waals surface area contributed by atoms with Crippen LogP contribution in [0.3, 0.4) is 0 Å². The van der Waals surface area contributed by atoms with Crippen molar-refractivity contribution in [2.75, 3.05) is 33.2 Å². The Balaban J connectivity index is 1.70. The highest BCUT2D eigenvalue weighted by molar-refractivity contribution is 5.74. The van der Waals surface area contributed by atoms with E-state index < -0.39 is 18.8 Å². The van der Waals surface area contributed by atoms with E-state index in [2.05, 4.69) is 5.32 Å². The van der Waals surface area contributed by atoms with E-state index in [0.717, 1.165) is 12.8 Å². The molecule has 122 valence electrons. The second kappa shape index (κ2) is 6.39. The van der Waals surface area contributed by atoms with E-state index in [9.17, 15) is 23.1 Å². The topological polar surface area (TPSA) is 55.8 Å². The molecule has 0 bridgehead atoms. The van der Waals surface area contributed by atoms with Gasteiger partial charge in [0.25, 0.3) is 0 Å². The number of hydrogen-bond acceptors (Lipinski definition) is 3. The van der Waals surface area contributed by atoms with Crippen LogP contribution in [0.15, 0.2) is 0 Å². The Morgan fingerprint density at radius 3 is 2.67 bits per heavy atom. The standard InChI is InChI=1S/C13H22F3N3O2/c1-18(7-11(20)9-2-3-9)12(21)17-10-4-5-19(6-10)8-13(14,15)16/h9-11,20H,2-8H2,1H3,(H,17,21). The highest BCUT2D eigenvalue weighted by Crippen LogP contribution is 2.32. The third kappa shape index (κ3) is 5.35. The number of carbonyl (C=O) groups is 1. The first-order chi connectivity index (χ1) is 9.74. The van der Waals surface area contributed by atoms with Crippen molar-refractivity contribution in [2.45, 2.75) is 37.6 Å². The molecule has 5 nitrogen and oxygen atoms in total. The molecule has 0 radical (unpaired) electrons. The number of likely N-dealkylation sites (N-methyl/N-ethyl adjacent to an activating group) is 1. The minimum Gasteiger partial charge on any atom is -0.391 e. The first kappa shape index (κ1) is 16.4. The Labute approximate surface area is 122 Å². The molecule has 2 N–H and O–H groups in total. The molecule has 2 atom stereocenters. The molecule has 1 aliphatic carbocycles. The van der Waals surface area contributed by atoms with E-state index in [1.165, 1.54) is 9.80 Å². The van der Waals surface area contributed by atoms with Crippen LogP contribution in [0.2, 0.25) is 0 Å². The Kier molecular flexibility index (Phi) is 4.98. The summed E-state index contributed by atoms with van der Waals surface area (Å²) in [4.78, 5) is 14.6. The quantitative estimate of drug-likeness (QED) is 0.798. The first-order valence-electron chi connectivity index (χ1n) is 7.23. The highest BCUT2D eigenvalue weighted by atomic mass is 19.4. The lowest BCUT2D eigenvalue weighted by Gasteiger charge is -2.23. The molecule has 0 spiro atoms. The van der Waals surface area contributed by atoms with Gasteiger partial charge in [-0.2, -0.15) is 13.2 Å². The molecule has 1 saturated carbocycles. The maximum absolute atomic E-state index is 12.3. The molecule has 0 aromatic carbocycles. The largest absolute Gasteiger partial charge is 0.401 e. The van der Waals surface area contributed by atoms with Gasteiger partial charge in [-0.15, -0.1) is 0 Å². The van der Waals surface area contributed by atoms with Crippen molar-refractivity contribution >= 4 is 6.03 Å². The lowest BCUT2D eigenvalue weighted by molar-refractivity contribution is -0.143. The number of nitrogens with one attached hydrogen (secondary N) is 1. The molecule has 21 heavy (non-hydrogen) atoms. The number of urea groups is 1. The monoisotopic (exact) mass is 309 g/mol. The summed E-state index contributed by atoms with van der Waals surface area (Å²) in [5, 5.41) is 12.5. The molecule has 2 unspecified atom stereocenters. The second-order valence-electron chi connectivity index (χ2n) is 6.07. The summed E-state index contributed by atoms with van der Waals surface area (Å²) in [5.41, 5.74) is 0. The van der Waals surface area contributed by atoms with Crippen LogP contribution in [-0.4, -0.2) is 72.5 Å². The summed E-state index contributed by atoms with van der Waals surface area (Å²) < 4.78 is 36.9. The third-order valence-corrected chi connectivity index (χ3v) is 3.98. The summed E-state index contributed by atoms with van der Waals surface area (Å²) in [7, 11) is 1.59. The van der Waals surface area contributed by atoms with E-state index in [4.69, 9.17) is 0 Å². The van der Waals surface area contributed by atoms with Gasteiger partial charge in [-0.25, -0.2) is 4.79 Å². The van der Waals surface area contributed by atoms with E-state index in [-0.39, 0.29) is 31.1 Å². The number of aliphatic hydroxyl groups excluding tert-OH is 1. The van der Waals surface area contributed by atoms with Gasteiger partial charge in [-0.3, -0.25) is 4.90 Å². The van der Waals surface area contributed by atoms with Crippen LogP contribution in [0.4, 0.5) is 18.0 Å². The first-order valence-corrected chi connectivity index (χ1v) is 7.23. The molecule has 2 rings (SSSR count). The number of aliphatic hydroxyl groups is 1. The predicted molar refractivity (Wildman–Crippen MR) is 70.8 cm³/mol. The van der Waals surface area contributed by atoms with Crippen LogP contribution in [0.1, 0.15) is 19.3 Å². The Hall–Kier alpha value is -1.02. The van der Waals surface area contributed by atoms with Crippen molar-refractivity contribution in [1.29, 1.82) is 0 Å². The van der Waals surface area contributed by atoms with Crippen LogP contribution in [0.5, 0.6) is 0 Å². The van der Waals surface area contributed by atoms with Crippen molar-refractivity contribution in [2.24, 2.45) is 5.92 Å². The summed E-state index contributed by atoms with van der Waals surface area (Å²) in [6.45, 7) is -0.131. The number of amides is 2. The normalized spacial score (nSPS) is 24.9. The molecule has 2 aliphatic rings. The van der Waals surface area contributed by atoms with Crippen LogP contribution in [0, 0.1) is 5.92 Å². The number of carbonyl (C=O) groups excluding carboxylic acids is 1. The zero-order valence-electron chi connectivity index (χ0n) is 12.1. The van der Waals surface area contributed by atoms with Crippen molar-refractivity contribution in [3.8, 4) is 0 Å². The van der Waals surface area contributed by atoms with Crippen LogP contribution >= 0.6 is 0 Å². The molecule has 1 saturated heterocycles. The molecule has 1 aliphatic heterocycles. The average Bonchev–Trinajstić information content (AvgIpc) is 3.11. The summed E-state index contributed by atoms with van der Waals surface area (Å²) >= 11 is 0. The van der Waals surface area contributed by atoms with Gasteiger partial charge < -0.3 is 15.3 Å². The summed E-state index contributed by atoms with van der Waals surface area (Å²) in [5.74, 6) is 0.286. The lowest BCUT2D eigenvalue weighted by atomic mass is 10.2. The zero-order valence-corrected chi connectivity index (χ0v) is 12.1. The number of likely N-dealkylation sites (tertiary alicyclic amines) is 1. The summed E-state index contributed by atoms with van der Waals surface area (Å²) in [6.07, 6.45) is -2.21. The number of rotatable bonds is 5. The number of hydrogen-bond donors (Lipinski definition) is 2. The molecule has 0 aromatic heterocycles. The Morgan fingerprint density at radius 1 is 1.43 bits per heavy atom. The van der Waals surface area contributed by atoms with Gasteiger partial charge in [0.05, 0.1) is 12.6 Å². The molecular formula is C13H22F3N3O2. The third-order valence-electron chi connectivity index (χ3n) is 3.98. The number of nitrogens with zero attached hydrogens (tertiary/aromatic N) is 2. The molecular weight excluding hydrogens is 287 g/mol. The Bertz CT molecular complexity index is 374. The van der Waals surface area contributed by atoms with Crippen LogP contribution < -0.4 is 5.32 Å².